The summed E-state index contributed by atoms with van der Waals surface area (Å²) in [6, 6.07) is 17.1. The highest BCUT2D eigenvalue weighted by atomic mass is 32.2. The fourth-order valence-corrected chi connectivity index (χ4v) is 5.11. The zero-order valence-corrected chi connectivity index (χ0v) is 23.2. The van der Waals surface area contributed by atoms with Crippen LogP contribution in [0.5, 0.6) is 0 Å². The number of hydrogen-bond donors (Lipinski definition) is 1. The van der Waals surface area contributed by atoms with E-state index in [0.717, 1.165) is 22.2 Å². The number of non-ortho nitro benzene ring substituents is 1. The van der Waals surface area contributed by atoms with Crippen LogP contribution in [0.3, 0.4) is 0 Å². The van der Waals surface area contributed by atoms with Gasteiger partial charge in [-0.25, -0.2) is 12.8 Å². The molecule has 3 aromatic carbocycles. The Morgan fingerprint density at radius 3 is 2.25 bits per heavy atom. The molecule has 0 fully saturated rings. The van der Waals surface area contributed by atoms with Crippen molar-refractivity contribution in [3.05, 3.63) is 105 Å². The second kappa shape index (κ2) is 13.2. The standard InChI is InChI=1S/C28H31FN4O6S/c1-4-30-28(35)26(16-21-8-6-5-7-9-21)31(18-22-11-13-23(29)14-12-22)27(34)19-32(40(3,38)39)25-17-24(33(36)37)15-10-20(25)2/h5-15,17,26H,4,16,18-19H2,1-3H3,(H,30,35). The lowest BCUT2D eigenvalue weighted by Gasteiger charge is -2.33. The average molecular weight is 571 g/mol. The highest BCUT2D eigenvalue weighted by Crippen LogP contribution is 2.28. The Morgan fingerprint density at radius 1 is 1.02 bits per heavy atom. The van der Waals surface area contributed by atoms with Crippen LogP contribution >= 0.6 is 0 Å². The van der Waals surface area contributed by atoms with Gasteiger partial charge in [-0.15, -0.1) is 0 Å². The summed E-state index contributed by atoms with van der Waals surface area (Å²) < 4.78 is 40.2. The largest absolute Gasteiger partial charge is 0.355 e. The van der Waals surface area contributed by atoms with E-state index in [0.29, 0.717) is 17.7 Å². The summed E-state index contributed by atoms with van der Waals surface area (Å²) in [7, 11) is -4.09. The number of nitro groups is 1. The predicted octanol–water partition coefficient (Wildman–Crippen LogP) is 3.58. The van der Waals surface area contributed by atoms with E-state index >= 15 is 0 Å². The Balaban J connectivity index is 2.08. The maximum atomic E-state index is 13.9. The van der Waals surface area contributed by atoms with Gasteiger partial charge in [0.2, 0.25) is 21.8 Å². The highest BCUT2D eigenvalue weighted by Gasteiger charge is 2.33. The van der Waals surface area contributed by atoms with Crippen molar-refractivity contribution in [2.45, 2.75) is 32.9 Å². The smallest absolute Gasteiger partial charge is 0.271 e. The first-order valence-corrected chi connectivity index (χ1v) is 14.3. The Morgan fingerprint density at radius 2 is 1.68 bits per heavy atom. The zero-order valence-electron chi connectivity index (χ0n) is 22.4. The Kier molecular flexibility index (Phi) is 9.94. The van der Waals surface area contributed by atoms with Gasteiger partial charge in [-0.1, -0.05) is 48.5 Å². The lowest BCUT2D eigenvalue weighted by Crippen LogP contribution is -2.53. The molecule has 0 radical (unpaired) electrons. The summed E-state index contributed by atoms with van der Waals surface area (Å²) in [5, 5.41) is 14.1. The van der Waals surface area contributed by atoms with Gasteiger partial charge < -0.3 is 10.2 Å². The van der Waals surface area contributed by atoms with Crippen molar-refractivity contribution < 1.29 is 27.3 Å². The molecular weight excluding hydrogens is 539 g/mol. The van der Waals surface area contributed by atoms with E-state index < -0.39 is 45.2 Å². The summed E-state index contributed by atoms with van der Waals surface area (Å²) in [6.45, 7) is 2.78. The zero-order chi connectivity index (χ0) is 29.4. The summed E-state index contributed by atoms with van der Waals surface area (Å²) in [5.41, 5.74) is 1.33. The third-order valence-corrected chi connectivity index (χ3v) is 7.37. The molecule has 2 amide bonds. The number of amides is 2. The van der Waals surface area contributed by atoms with Crippen LogP contribution in [-0.2, 0) is 32.6 Å². The minimum absolute atomic E-state index is 0.0237. The van der Waals surface area contributed by atoms with Gasteiger partial charge in [0, 0.05) is 31.6 Å². The number of anilines is 1. The molecule has 0 aliphatic carbocycles. The number of halogens is 1. The van der Waals surface area contributed by atoms with Crippen molar-refractivity contribution in [3.63, 3.8) is 0 Å². The van der Waals surface area contributed by atoms with Crippen molar-refractivity contribution in [1.82, 2.24) is 10.2 Å². The number of benzene rings is 3. The molecule has 0 aliphatic heterocycles. The maximum absolute atomic E-state index is 13.9. The van der Waals surface area contributed by atoms with Gasteiger partial charge >= 0.3 is 0 Å². The number of carbonyl (C=O) groups excluding carboxylic acids is 2. The monoisotopic (exact) mass is 570 g/mol. The molecule has 0 aliphatic rings. The Hall–Kier alpha value is -4.32. The third kappa shape index (κ3) is 7.85. The molecule has 0 saturated carbocycles. The second-order valence-electron chi connectivity index (χ2n) is 9.25. The molecule has 3 rings (SSSR count). The van der Waals surface area contributed by atoms with Crippen molar-refractivity contribution >= 4 is 33.2 Å². The van der Waals surface area contributed by atoms with Gasteiger partial charge in [-0.2, -0.15) is 0 Å². The summed E-state index contributed by atoms with van der Waals surface area (Å²) >= 11 is 0. The Bertz CT molecular complexity index is 1470. The van der Waals surface area contributed by atoms with Crippen LogP contribution in [-0.4, -0.2) is 55.4 Å². The van der Waals surface area contributed by atoms with E-state index in [2.05, 4.69) is 5.32 Å². The van der Waals surface area contributed by atoms with Crippen LogP contribution in [0.4, 0.5) is 15.8 Å². The van der Waals surface area contributed by atoms with E-state index in [1.54, 1.807) is 26.0 Å². The first kappa shape index (κ1) is 30.2. The predicted molar refractivity (Wildman–Crippen MR) is 150 cm³/mol. The van der Waals surface area contributed by atoms with E-state index in [1.165, 1.54) is 41.3 Å². The normalized spacial score (nSPS) is 11.9. The van der Waals surface area contributed by atoms with Gasteiger partial charge in [-0.05, 0) is 42.7 Å². The number of likely N-dealkylation sites (N-methyl/N-ethyl adjacent to an activating group) is 1. The number of hydrogen-bond acceptors (Lipinski definition) is 6. The number of rotatable bonds is 12. The van der Waals surface area contributed by atoms with E-state index in [-0.39, 0.29) is 24.3 Å². The van der Waals surface area contributed by atoms with Crippen LogP contribution in [0.1, 0.15) is 23.6 Å². The van der Waals surface area contributed by atoms with Gasteiger partial charge in [0.25, 0.3) is 5.69 Å². The van der Waals surface area contributed by atoms with E-state index in [1.807, 2.05) is 18.2 Å². The molecule has 0 saturated heterocycles. The molecule has 0 bridgehead atoms. The van der Waals surface area contributed by atoms with Crippen molar-refractivity contribution in [2.75, 3.05) is 23.7 Å². The van der Waals surface area contributed by atoms with Crippen molar-refractivity contribution in [2.24, 2.45) is 0 Å². The first-order valence-electron chi connectivity index (χ1n) is 12.5. The van der Waals surface area contributed by atoms with Crippen LogP contribution < -0.4 is 9.62 Å². The van der Waals surface area contributed by atoms with Gasteiger partial charge in [0.15, 0.2) is 0 Å². The molecule has 12 heteroatoms. The first-order chi connectivity index (χ1) is 18.9. The number of aryl methyl sites for hydroxylation is 1. The van der Waals surface area contributed by atoms with Gasteiger partial charge in [0.1, 0.15) is 18.4 Å². The molecular formula is C28H31FN4O6S. The van der Waals surface area contributed by atoms with Gasteiger partial charge in [-0.3, -0.25) is 24.0 Å². The quantitative estimate of drug-likeness (QED) is 0.262. The summed E-state index contributed by atoms with van der Waals surface area (Å²) in [4.78, 5) is 39.2. The minimum atomic E-state index is -4.09. The van der Waals surface area contributed by atoms with Crippen LogP contribution in [0, 0.1) is 22.9 Å². The molecule has 0 aromatic heterocycles. The molecule has 1 atom stereocenters. The van der Waals surface area contributed by atoms with E-state index in [9.17, 15) is 32.5 Å². The SMILES string of the molecule is CCNC(=O)C(Cc1ccccc1)N(Cc1ccc(F)cc1)C(=O)CN(c1cc([N+](=O)[O-])ccc1C)S(C)(=O)=O. The molecule has 10 nitrogen and oxygen atoms in total. The molecule has 0 spiro atoms. The molecule has 40 heavy (non-hydrogen) atoms. The number of nitrogens with one attached hydrogen (secondary N) is 1. The van der Waals surface area contributed by atoms with Crippen LogP contribution in [0.25, 0.3) is 0 Å². The van der Waals surface area contributed by atoms with Crippen LogP contribution in [0.2, 0.25) is 0 Å². The summed E-state index contributed by atoms with van der Waals surface area (Å²) in [5.74, 6) is -1.64. The fourth-order valence-electron chi connectivity index (χ4n) is 4.21. The Labute approximate surface area is 232 Å². The lowest BCUT2D eigenvalue weighted by atomic mass is 10.0. The second-order valence-corrected chi connectivity index (χ2v) is 11.2. The minimum Gasteiger partial charge on any atom is -0.355 e. The molecule has 0 heterocycles. The maximum Gasteiger partial charge on any atom is 0.271 e. The number of nitro benzene ring substituents is 1. The van der Waals surface area contributed by atoms with Crippen molar-refractivity contribution in [3.8, 4) is 0 Å². The number of carbonyl (C=O) groups is 2. The topological polar surface area (TPSA) is 130 Å². The van der Waals surface area contributed by atoms with E-state index in [4.69, 9.17) is 0 Å². The average Bonchev–Trinajstić information content (AvgIpc) is 2.90. The van der Waals surface area contributed by atoms with Gasteiger partial charge in [0.05, 0.1) is 16.9 Å². The number of nitrogens with zero attached hydrogens (tertiary/aromatic N) is 3. The van der Waals surface area contributed by atoms with Crippen LogP contribution in [0.15, 0.2) is 72.8 Å². The third-order valence-electron chi connectivity index (χ3n) is 6.24. The molecule has 3 aromatic rings. The highest BCUT2D eigenvalue weighted by molar-refractivity contribution is 7.92. The molecule has 1 unspecified atom stereocenters. The lowest BCUT2D eigenvalue weighted by molar-refractivity contribution is -0.384. The van der Waals surface area contributed by atoms with Crippen molar-refractivity contribution in [1.29, 1.82) is 0 Å². The molecule has 1 N–H and O–H groups in total. The fraction of sp³-hybridized carbons (Fsp3) is 0.286. The molecule has 212 valence electrons. The number of sulfonamides is 1. The summed E-state index contributed by atoms with van der Waals surface area (Å²) in [6.07, 6.45) is 1.03.